The fraction of sp³-hybridized carbons (Fsp3) is 0.286. The Labute approximate surface area is 112 Å². The van der Waals surface area contributed by atoms with Crippen LogP contribution in [-0.2, 0) is 20.7 Å². The topological polar surface area (TPSA) is 63.6 Å². The largest absolute Gasteiger partial charge is 0.367 e. The van der Waals surface area contributed by atoms with Crippen molar-refractivity contribution in [2.75, 3.05) is 6.26 Å². The van der Waals surface area contributed by atoms with Gasteiger partial charge in [-0.15, -0.1) is 0 Å². The molecule has 4 nitrogen and oxygen atoms in total. The average Bonchev–Trinajstić information content (AvgIpc) is 2.34. The van der Waals surface area contributed by atoms with Crippen molar-refractivity contribution in [3.05, 3.63) is 48.0 Å². The first-order chi connectivity index (χ1) is 8.96. The van der Waals surface area contributed by atoms with Crippen LogP contribution >= 0.6 is 0 Å². The molecule has 0 aliphatic rings. The molecule has 5 heteroatoms. The lowest BCUT2D eigenvalue weighted by atomic mass is 10.0. The minimum absolute atomic E-state index is 0.237. The summed E-state index contributed by atoms with van der Waals surface area (Å²) in [5, 5.41) is 11.7. The highest BCUT2D eigenvalue weighted by Gasteiger charge is 2.12. The third-order valence-electron chi connectivity index (χ3n) is 2.83. The SMILES string of the molecule is CS(=O)(=O)OC(O)CCc1cccc2ccccc12. The minimum atomic E-state index is -3.62. The lowest BCUT2D eigenvalue weighted by Crippen LogP contribution is -2.17. The summed E-state index contributed by atoms with van der Waals surface area (Å²) in [6.07, 6.45) is 0.418. The molecule has 2 aromatic carbocycles. The maximum absolute atomic E-state index is 10.9. The van der Waals surface area contributed by atoms with Gasteiger partial charge in [-0.25, -0.2) is 4.18 Å². The summed E-state index contributed by atoms with van der Waals surface area (Å²) in [5.41, 5.74) is 1.06. The highest BCUT2D eigenvalue weighted by molar-refractivity contribution is 7.86. The Morgan fingerprint density at radius 2 is 1.84 bits per heavy atom. The molecule has 0 aliphatic carbocycles. The van der Waals surface area contributed by atoms with E-state index in [4.69, 9.17) is 0 Å². The van der Waals surface area contributed by atoms with Gasteiger partial charge in [0.2, 0.25) is 0 Å². The van der Waals surface area contributed by atoms with E-state index < -0.39 is 16.4 Å². The molecule has 2 aromatic rings. The van der Waals surface area contributed by atoms with E-state index in [9.17, 15) is 13.5 Å². The number of fused-ring (bicyclic) bond motifs is 1. The molecule has 0 fully saturated rings. The van der Waals surface area contributed by atoms with Crippen LogP contribution in [0.25, 0.3) is 10.8 Å². The van der Waals surface area contributed by atoms with E-state index >= 15 is 0 Å². The van der Waals surface area contributed by atoms with Crippen molar-refractivity contribution in [3.8, 4) is 0 Å². The van der Waals surface area contributed by atoms with Crippen molar-refractivity contribution in [2.45, 2.75) is 19.1 Å². The lowest BCUT2D eigenvalue weighted by molar-refractivity contribution is -0.0164. The first-order valence-corrected chi connectivity index (χ1v) is 7.80. The summed E-state index contributed by atoms with van der Waals surface area (Å²) in [6.45, 7) is 0. The third-order valence-corrected chi connectivity index (χ3v) is 3.40. The quantitative estimate of drug-likeness (QED) is 0.672. The summed E-state index contributed by atoms with van der Waals surface area (Å²) in [6, 6.07) is 13.9. The number of aryl methyl sites for hydroxylation is 1. The number of rotatable bonds is 5. The normalized spacial score (nSPS) is 13.6. The molecule has 2 rings (SSSR count). The van der Waals surface area contributed by atoms with Gasteiger partial charge in [-0.05, 0) is 22.8 Å². The third kappa shape index (κ3) is 4.02. The van der Waals surface area contributed by atoms with Gasteiger partial charge in [-0.3, -0.25) is 0 Å². The molecule has 0 amide bonds. The number of aliphatic hydroxyl groups is 1. The van der Waals surface area contributed by atoms with Crippen LogP contribution in [0.5, 0.6) is 0 Å². The Morgan fingerprint density at radius 1 is 1.16 bits per heavy atom. The molecular weight excluding hydrogens is 264 g/mol. The van der Waals surface area contributed by atoms with Crippen LogP contribution in [0.1, 0.15) is 12.0 Å². The monoisotopic (exact) mass is 280 g/mol. The summed E-state index contributed by atoms with van der Waals surface area (Å²) in [4.78, 5) is 0. The van der Waals surface area contributed by atoms with Gasteiger partial charge in [-0.1, -0.05) is 42.5 Å². The van der Waals surface area contributed by atoms with E-state index in [0.717, 1.165) is 22.6 Å². The standard InChI is InChI=1S/C14H16O4S/c1-19(16,17)18-14(15)10-9-12-7-4-6-11-5-2-3-8-13(11)12/h2-8,14-15H,9-10H2,1H3. The zero-order chi connectivity index (χ0) is 13.9. The molecule has 0 aromatic heterocycles. The van der Waals surface area contributed by atoms with E-state index in [2.05, 4.69) is 4.18 Å². The zero-order valence-corrected chi connectivity index (χ0v) is 11.4. The summed E-state index contributed by atoms with van der Waals surface area (Å²) < 4.78 is 26.3. The zero-order valence-electron chi connectivity index (χ0n) is 10.6. The van der Waals surface area contributed by atoms with E-state index in [1.54, 1.807) is 0 Å². The fourth-order valence-electron chi connectivity index (χ4n) is 2.04. The Bertz CT molecular complexity index is 659. The van der Waals surface area contributed by atoms with Crippen LogP contribution in [-0.4, -0.2) is 26.1 Å². The molecular formula is C14H16O4S. The van der Waals surface area contributed by atoms with Gasteiger partial charge in [-0.2, -0.15) is 8.42 Å². The van der Waals surface area contributed by atoms with Gasteiger partial charge in [0.25, 0.3) is 10.1 Å². The van der Waals surface area contributed by atoms with Crippen molar-refractivity contribution in [1.82, 2.24) is 0 Å². The predicted octanol–water partition coefficient (Wildman–Crippen LogP) is 2.07. The molecule has 1 N–H and O–H groups in total. The molecule has 0 aliphatic heterocycles. The highest BCUT2D eigenvalue weighted by atomic mass is 32.2. The van der Waals surface area contributed by atoms with Crippen molar-refractivity contribution in [3.63, 3.8) is 0 Å². The molecule has 0 bridgehead atoms. The van der Waals surface area contributed by atoms with Crippen molar-refractivity contribution in [2.24, 2.45) is 0 Å². The van der Waals surface area contributed by atoms with Gasteiger partial charge in [0.15, 0.2) is 6.29 Å². The number of benzene rings is 2. The van der Waals surface area contributed by atoms with Gasteiger partial charge in [0, 0.05) is 6.42 Å². The summed E-state index contributed by atoms with van der Waals surface area (Å²) in [5.74, 6) is 0. The van der Waals surface area contributed by atoms with E-state index in [1.807, 2.05) is 42.5 Å². The summed E-state index contributed by atoms with van der Waals surface area (Å²) in [7, 11) is -3.62. The molecule has 1 unspecified atom stereocenters. The fourth-order valence-corrected chi connectivity index (χ4v) is 2.54. The van der Waals surface area contributed by atoms with Crippen LogP contribution in [0.3, 0.4) is 0 Å². The predicted molar refractivity (Wildman–Crippen MR) is 74.2 cm³/mol. The maximum atomic E-state index is 10.9. The smallest absolute Gasteiger partial charge is 0.266 e. The molecule has 0 heterocycles. The van der Waals surface area contributed by atoms with Crippen molar-refractivity contribution < 1.29 is 17.7 Å². The molecule has 1 atom stereocenters. The molecule has 0 spiro atoms. The Kier molecular flexibility index (Phi) is 4.19. The van der Waals surface area contributed by atoms with Crippen molar-refractivity contribution >= 4 is 20.9 Å². The maximum Gasteiger partial charge on any atom is 0.266 e. The Morgan fingerprint density at radius 3 is 2.58 bits per heavy atom. The van der Waals surface area contributed by atoms with E-state index in [-0.39, 0.29) is 6.42 Å². The van der Waals surface area contributed by atoms with Crippen molar-refractivity contribution in [1.29, 1.82) is 0 Å². The lowest BCUT2D eigenvalue weighted by Gasteiger charge is -2.11. The number of hydrogen-bond donors (Lipinski definition) is 1. The van der Waals surface area contributed by atoms with Gasteiger partial charge < -0.3 is 5.11 Å². The Hall–Kier alpha value is -1.43. The molecule has 19 heavy (non-hydrogen) atoms. The molecule has 0 saturated heterocycles. The first kappa shape index (κ1) is 14.0. The van der Waals surface area contributed by atoms with E-state index in [1.165, 1.54) is 0 Å². The average molecular weight is 280 g/mol. The summed E-state index contributed by atoms with van der Waals surface area (Å²) >= 11 is 0. The first-order valence-electron chi connectivity index (χ1n) is 5.99. The highest BCUT2D eigenvalue weighted by Crippen LogP contribution is 2.20. The van der Waals surface area contributed by atoms with Gasteiger partial charge in [0.1, 0.15) is 0 Å². The van der Waals surface area contributed by atoms with Crippen LogP contribution in [0.4, 0.5) is 0 Å². The second-order valence-corrected chi connectivity index (χ2v) is 6.03. The minimum Gasteiger partial charge on any atom is -0.367 e. The van der Waals surface area contributed by atoms with Crippen LogP contribution < -0.4 is 0 Å². The van der Waals surface area contributed by atoms with Gasteiger partial charge >= 0.3 is 0 Å². The molecule has 102 valence electrons. The Balaban J connectivity index is 2.10. The second-order valence-electron chi connectivity index (χ2n) is 4.43. The number of hydrogen-bond acceptors (Lipinski definition) is 4. The van der Waals surface area contributed by atoms with Crippen LogP contribution in [0.2, 0.25) is 0 Å². The second kappa shape index (κ2) is 5.69. The van der Waals surface area contributed by atoms with Gasteiger partial charge in [0.05, 0.1) is 6.26 Å². The van der Waals surface area contributed by atoms with E-state index in [0.29, 0.717) is 6.42 Å². The number of aliphatic hydroxyl groups excluding tert-OH is 1. The van der Waals surface area contributed by atoms with Crippen LogP contribution in [0.15, 0.2) is 42.5 Å². The van der Waals surface area contributed by atoms with Crippen LogP contribution in [0, 0.1) is 0 Å². The molecule has 0 radical (unpaired) electrons. The molecule has 0 saturated carbocycles.